The van der Waals surface area contributed by atoms with Crippen LogP contribution in [0.1, 0.15) is 219 Å². The summed E-state index contributed by atoms with van der Waals surface area (Å²) in [5.41, 5.74) is 6.38. The minimum Gasteiger partial charge on any atom is -0.328 e. The standard InChI is InChI=1S/C35H73N/c1-3-5-7-9-11-13-15-17-19-21-23-25-27-29-31-33-35(36)34-32-30-28-26-24-22-20-18-16-14-12-10-8-6-4-2/h35H,3-34,36H2,1-2H3. The fourth-order valence-electron chi connectivity index (χ4n) is 5.70. The van der Waals surface area contributed by atoms with Gasteiger partial charge in [-0.05, 0) is 12.8 Å². The Bertz CT molecular complexity index is 332. The molecule has 0 aliphatic heterocycles. The lowest BCUT2D eigenvalue weighted by Gasteiger charge is -2.11. The summed E-state index contributed by atoms with van der Waals surface area (Å²) >= 11 is 0. The number of hydrogen-bond donors (Lipinski definition) is 1. The second-order valence-electron chi connectivity index (χ2n) is 12.2. The Morgan fingerprint density at radius 1 is 0.278 bits per heavy atom. The predicted octanol–water partition coefficient (Wildman–Crippen LogP) is 12.8. The van der Waals surface area contributed by atoms with Gasteiger partial charge in [-0.15, -0.1) is 0 Å². The molecular formula is C35H73N. The second kappa shape index (κ2) is 33.0. The summed E-state index contributed by atoms with van der Waals surface area (Å²) in [6.07, 6.45) is 45.9. The van der Waals surface area contributed by atoms with Gasteiger partial charge in [0.1, 0.15) is 0 Å². The molecule has 0 unspecified atom stereocenters. The Labute approximate surface area is 230 Å². The van der Waals surface area contributed by atoms with Crippen LogP contribution in [0.4, 0.5) is 0 Å². The van der Waals surface area contributed by atoms with Crippen molar-refractivity contribution in [1.82, 2.24) is 0 Å². The Balaban J connectivity index is 3.13. The maximum Gasteiger partial charge on any atom is 0.00388 e. The van der Waals surface area contributed by atoms with Gasteiger partial charge in [0.2, 0.25) is 0 Å². The van der Waals surface area contributed by atoms with Crippen LogP contribution < -0.4 is 5.73 Å². The van der Waals surface area contributed by atoms with Gasteiger partial charge >= 0.3 is 0 Å². The van der Waals surface area contributed by atoms with Crippen LogP contribution in [0.2, 0.25) is 0 Å². The van der Waals surface area contributed by atoms with Gasteiger partial charge in [-0.25, -0.2) is 0 Å². The molecule has 0 radical (unpaired) electrons. The quantitative estimate of drug-likeness (QED) is 0.0900. The van der Waals surface area contributed by atoms with Gasteiger partial charge in [0.25, 0.3) is 0 Å². The van der Waals surface area contributed by atoms with Crippen LogP contribution in [0, 0.1) is 0 Å². The first-order chi connectivity index (χ1) is 17.8. The molecule has 0 heterocycles. The monoisotopic (exact) mass is 508 g/mol. The number of nitrogens with two attached hydrogens (primary N) is 1. The normalized spacial score (nSPS) is 11.7. The van der Waals surface area contributed by atoms with Gasteiger partial charge < -0.3 is 5.73 Å². The fourth-order valence-corrected chi connectivity index (χ4v) is 5.70. The van der Waals surface area contributed by atoms with Gasteiger partial charge in [-0.2, -0.15) is 0 Å². The summed E-state index contributed by atoms with van der Waals surface area (Å²) in [7, 11) is 0. The lowest BCUT2D eigenvalue weighted by Crippen LogP contribution is -2.19. The molecule has 218 valence electrons. The lowest BCUT2D eigenvalue weighted by atomic mass is 10.00. The van der Waals surface area contributed by atoms with E-state index < -0.39 is 0 Å². The van der Waals surface area contributed by atoms with E-state index in [0.29, 0.717) is 6.04 Å². The van der Waals surface area contributed by atoms with Crippen molar-refractivity contribution in [3.8, 4) is 0 Å². The molecule has 0 aliphatic rings. The van der Waals surface area contributed by atoms with E-state index in [1.54, 1.807) is 0 Å². The molecular weight excluding hydrogens is 434 g/mol. The zero-order valence-corrected chi connectivity index (χ0v) is 25.8. The van der Waals surface area contributed by atoms with Crippen molar-refractivity contribution in [3.05, 3.63) is 0 Å². The maximum absolute atomic E-state index is 6.38. The molecule has 0 aromatic rings. The van der Waals surface area contributed by atoms with Crippen molar-refractivity contribution in [1.29, 1.82) is 0 Å². The lowest BCUT2D eigenvalue weighted by molar-refractivity contribution is 0.477. The van der Waals surface area contributed by atoms with Crippen LogP contribution in [0.5, 0.6) is 0 Å². The predicted molar refractivity (Wildman–Crippen MR) is 167 cm³/mol. The first-order valence-corrected chi connectivity index (χ1v) is 17.6. The second-order valence-corrected chi connectivity index (χ2v) is 12.2. The van der Waals surface area contributed by atoms with Gasteiger partial charge in [0, 0.05) is 6.04 Å². The van der Waals surface area contributed by atoms with E-state index in [-0.39, 0.29) is 0 Å². The minimum absolute atomic E-state index is 0.467. The topological polar surface area (TPSA) is 26.0 Å². The third-order valence-electron chi connectivity index (χ3n) is 8.36. The molecule has 1 nitrogen and oxygen atoms in total. The third-order valence-corrected chi connectivity index (χ3v) is 8.36. The van der Waals surface area contributed by atoms with Crippen LogP contribution in [-0.4, -0.2) is 6.04 Å². The smallest absolute Gasteiger partial charge is 0.00388 e. The number of unbranched alkanes of at least 4 members (excludes halogenated alkanes) is 28. The fraction of sp³-hybridized carbons (Fsp3) is 1.00. The van der Waals surface area contributed by atoms with E-state index >= 15 is 0 Å². The third kappa shape index (κ3) is 32.0. The van der Waals surface area contributed by atoms with Crippen LogP contribution in [-0.2, 0) is 0 Å². The molecule has 0 atom stereocenters. The Morgan fingerprint density at radius 3 is 0.639 bits per heavy atom. The average Bonchev–Trinajstić information content (AvgIpc) is 2.88. The van der Waals surface area contributed by atoms with Crippen LogP contribution in [0.25, 0.3) is 0 Å². The Kier molecular flexibility index (Phi) is 33.0. The van der Waals surface area contributed by atoms with Crippen molar-refractivity contribution in [2.45, 2.75) is 225 Å². The maximum atomic E-state index is 6.38. The molecule has 0 rings (SSSR count). The SMILES string of the molecule is CCCCCCCCCCCCCCCCCC(N)CCCCCCCCCCCCCCCCC. The van der Waals surface area contributed by atoms with Crippen LogP contribution >= 0.6 is 0 Å². The summed E-state index contributed by atoms with van der Waals surface area (Å²) in [5.74, 6) is 0. The highest BCUT2D eigenvalue weighted by Crippen LogP contribution is 2.16. The van der Waals surface area contributed by atoms with Crippen molar-refractivity contribution < 1.29 is 0 Å². The molecule has 2 N–H and O–H groups in total. The Hall–Kier alpha value is -0.0400. The van der Waals surface area contributed by atoms with Gasteiger partial charge in [-0.1, -0.05) is 206 Å². The molecule has 0 aliphatic carbocycles. The van der Waals surface area contributed by atoms with Crippen molar-refractivity contribution in [2.75, 3.05) is 0 Å². The molecule has 0 fully saturated rings. The van der Waals surface area contributed by atoms with E-state index in [9.17, 15) is 0 Å². The molecule has 0 saturated heterocycles. The minimum atomic E-state index is 0.467. The molecule has 0 amide bonds. The first kappa shape index (κ1) is 36.0. The molecule has 0 spiro atoms. The molecule has 0 aromatic heterocycles. The molecule has 36 heavy (non-hydrogen) atoms. The summed E-state index contributed by atoms with van der Waals surface area (Å²) in [6.45, 7) is 4.61. The average molecular weight is 508 g/mol. The molecule has 0 bridgehead atoms. The van der Waals surface area contributed by atoms with E-state index in [0.717, 1.165) is 0 Å². The Morgan fingerprint density at radius 2 is 0.444 bits per heavy atom. The number of hydrogen-bond acceptors (Lipinski definition) is 1. The molecule has 0 saturated carbocycles. The zero-order chi connectivity index (χ0) is 26.2. The molecule has 1 heteroatoms. The van der Waals surface area contributed by atoms with Crippen molar-refractivity contribution >= 4 is 0 Å². The number of rotatable bonds is 32. The van der Waals surface area contributed by atoms with E-state index in [2.05, 4.69) is 13.8 Å². The summed E-state index contributed by atoms with van der Waals surface area (Å²) in [6, 6.07) is 0.467. The highest BCUT2D eigenvalue weighted by Gasteiger charge is 2.03. The summed E-state index contributed by atoms with van der Waals surface area (Å²) < 4.78 is 0. The summed E-state index contributed by atoms with van der Waals surface area (Å²) in [5, 5.41) is 0. The van der Waals surface area contributed by atoms with Gasteiger partial charge in [0.15, 0.2) is 0 Å². The highest BCUT2D eigenvalue weighted by atomic mass is 14.6. The van der Waals surface area contributed by atoms with Gasteiger partial charge in [0.05, 0.1) is 0 Å². The van der Waals surface area contributed by atoms with Gasteiger partial charge in [-0.3, -0.25) is 0 Å². The zero-order valence-electron chi connectivity index (χ0n) is 25.8. The van der Waals surface area contributed by atoms with Crippen molar-refractivity contribution in [3.63, 3.8) is 0 Å². The largest absolute Gasteiger partial charge is 0.328 e. The highest BCUT2D eigenvalue weighted by molar-refractivity contribution is 4.62. The van der Waals surface area contributed by atoms with E-state index in [4.69, 9.17) is 5.73 Å². The van der Waals surface area contributed by atoms with E-state index in [1.807, 2.05) is 0 Å². The van der Waals surface area contributed by atoms with Crippen molar-refractivity contribution in [2.24, 2.45) is 5.73 Å². The van der Waals surface area contributed by atoms with E-state index in [1.165, 1.54) is 205 Å². The summed E-state index contributed by atoms with van der Waals surface area (Å²) in [4.78, 5) is 0. The first-order valence-electron chi connectivity index (χ1n) is 17.6. The van der Waals surface area contributed by atoms with Crippen LogP contribution in [0.3, 0.4) is 0 Å². The molecule has 0 aromatic carbocycles. The van der Waals surface area contributed by atoms with Crippen LogP contribution in [0.15, 0.2) is 0 Å².